The smallest absolute Gasteiger partial charge is 0.336 e. The van der Waals surface area contributed by atoms with Crippen LogP contribution in [0.4, 0.5) is 5.69 Å². The SMILES string of the molecule is O=C(/C=C/c1ccccc1)Oc1ccc(C=Nc2ccc(C(=O)O)cc2)cc1. The van der Waals surface area contributed by atoms with E-state index in [0.717, 1.165) is 11.1 Å². The van der Waals surface area contributed by atoms with Gasteiger partial charge >= 0.3 is 11.9 Å². The van der Waals surface area contributed by atoms with Crippen LogP contribution in [-0.2, 0) is 4.79 Å². The third-order valence-electron chi connectivity index (χ3n) is 3.79. The monoisotopic (exact) mass is 371 g/mol. The minimum absolute atomic E-state index is 0.214. The number of carbonyl (C=O) groups excluding carboxylic acids is 1. The van der Waals surface area contributed by atoms with Crippen molar-refractivity contribution in [2.24, 2.45) is 4.99 Å². The van der Waals surface area contributed by atoms with Gasteiger partial charge in [0, 0.05) is 12.3 Å². The highest BCUT2D eigenvalue weighted by molar-refractivity contribution is 5.89. The number of rotatable bonds is 6. The predicted molar refractivity (Wildman–Crippen MR) is 108 cm³/mol. The first-order valence-corrected chi connectivity index (χ1v) is 8.52. The van der Waals surface area contributed by atoms with Crippen molar-refractivity contribution in [3.8, 4) is 5.75 Å². The van der Waals surface area contributed by atoms with Crippen LogP contribution in [0.1, 0.15) is 21.5 Å². The van der Waals surface area contributed by atoms with Crippen LogP contribution in [0, 0.1) is 0 Å². The number of carbonyl (C=O) groups is 2. The molecule has 0 aliphatic heterocycles. The number of aromatic carboxylic acids is 1. The van der Waals surface area contributed by atoms with Crippen LogP contribution in [0.15, 0.2) is 89.9 Å². The van der Waals surface area contributed by atoms with Gasteiger partial charge in [0.25, 0.3) is 0 Å². The van der Waals surface area contributed by atoms with Gasteiger partial charge in [0.1, 0.15) is 5.75 Å². The summed E-state index contributed by atoms with van der Waals surface area (Å²) in [5, 5.41) is 8.89. The molecule has 3 aromatic carbocycles. The van der Waals surface area contributed by atoms with Gasteiger partial charge in [0.15, 0.2) is 0 Å². The summed E-state index contributed by atoms with van der Waals surface area (Å²) in [6.07, 6.45) is 4.72. The van der Waals surface area contributed by atoms with Crippen molar-refractivity contribution in [1.29, 1.82) is 0 Å². The maximum absolute atomic E-state index is 11.9. The molecule has 138 valence electrons. The normalized spacial score (nSPS) is 11.0. The molecule has 0 aliphatic rings. The lowest BCUT2D eigenvalue weighted by molar-refractivity contribution is -0.128. The van der Waals surface area contributed by atoms with Crippen molar-refractivity contribution in [3.05, 3.63) is 102 Å². The van der Waals surface area contributed by atoms with E-state index >= 15 is 0 Å². The molecule has 0 heterocycles. The molecule has 28 heavy (non-hydrogen) atoms. The molecule has 0 atom stereocenters. The first-order valence-electron chi connectivity index (χ1n) is 8.52. The van der Waals surface area contributed by atoms with E-state index in [2.05, 4.69) is 4.99 Å². The first kappa shape index (κ1) is 18.8. The predicted octanol–water partition coefficient (Wildman–Crippen LogP) is 4.75. The number of esters is 1. The standard InChI is InChI=1S/C23H17NO4/c25-22(15-8-17-4-2-1-3-5-17)28-21-13-6-18(7-14-21)16-24-20-11-9-19(10-12-20)23(26)27/h1-16H,(H,26,27)/b15-8+,24-16?. The van der Waals surface area contributed by atoms with Gasteiger partial charge in [0.2, 0.25) is 0 Å². The molecule has 0 radical (unpaired) electrons. The number of aliphatic imine (C=N–C) groups is 1. The van der Waals surface area contributed by atoms with E-state index in [9.17, 15) is 9.59 Å². The van der Waals surface area contributed by atoms with Gasteiger partial charge in [-0.15, -0.1) is 0 Å². The summed E-state index contributed by atoms with van der Waals surface area (Å²) in [6.45, 7) is 0. The van der Waals surface area contributed by atoms with Crippen molar-refractivity contribution >= 4 is 29.9 Å². The number of carboxylic acids is 1. The van der Waals surface area contributed by atoms with Gasteiger partial charge in [-0.1, -0.05) is 30.3 Å². The topological polar surface area (TPSA) is 76.0 Å². The average molecular weight is 371 g/mol. The van der Waals surface area contributed by atoms with Crippen molar-refractivity contribution in [2.75, 3.05) is 0 Å². The van der Waals surface area contributed by atoms with Crippen LogP contribution in [0.3, 0.4) is 0 Å². The van der Waals surface area contributed by atoms with Gasteiger partial charge < -0.3 is 9.84 Å². The Morgan fingerprint density at radius 3 is 2.14 bits per heavy atom. The lowest BCUT2D eigenvalue weighted by Gasteiger charge is -2.02. The Morgan fingerprint density at radius 2 is 1.50 bits per heavy atom. The molecule has 3 rings (SSSR count). The Labute approximate surface area is 162 Å². The van der Waals surface area contributed by atoms with Crippen LogP contribution < -0.4 is 4.74 Å². The van der Waals surface area contributed by atoms with Crippen LogP contribution in [0.5, 0.6) is 5.75 Å². The van der Waals surface area contributed by atoms with E-state index in [-0.39, 0.29) is 5.56 Å². The lowest BCUT2D eigenvalue weighted by Crippen LogP contribution is -2.03. The van der Waals surface area contributed by atoms with E-state index in [1.54, 1.807) is 48.7 Å². The van der Waals surface area contributed by atoms with Crippen LogP contribution in [-0.4, -0.2) is 23.3 Å². The highest BCUT2D eigenvalue weighted by atomic mass is 16.5. The van der Waals surface area contributed by atoms with E-state index in [0.29, 0.717) is 11.4 Å². The minimum atomic E-state index is -0.973. The summed E-state index contributed by atoms with van der Waals surface area (Å²) < 4.78 is 5.26. The Kier molecular flexibility index (Phi) is 6.10. The van der Waals surface area contributed by atoms with Crippen LogP contribution >= 0.6 is 0 Å². The number of hydrogen-bond donors (Lipinski definition) is 1. The number of carboxylic acid groups (broad SMARTS) is 1. The largest absolute Gasteiger partial charge is 0.478 e. The van der Waals surface area contributed by atoms with E-state index in [4.69, 9.17) is 9.84 Å². The molecule has 0 spiro atoms. The minimum Gasteiger partial charge on any atom is -0.478 e. The first-order chi connectivity index (χ1) is 13.6. The van der Waals surface area contributed by atoms with E-state index in [1.807, 2.05) is 30.3 Å². The van der Waals surface area contributed by atoms with Gasteiger partial charge in [-0.05, 0) is 65.7 Å². The quantitative estimate of drug-likeness (QED) is 0.293. The molecule has 0 aromatic heterocycles. The summed E-state index contributed by atoms with van der Waals surface area (Å²) in [5.41, 5.74) is 2.60. The summed E-state index contributed by atoms with van der Waals surface area (Å²) in [6, 6.07) is 22.7. The summed E-state index contributed by atoms with van der Waals surface area (Å²) in [5.74, 6) is -0.992. The molecule has 3 aromatic rings. The maximum Gasteiger partial charge on any atom is 0.336 e. The molecule has 1 N–H and O–H groups in total. The molecule has 0 amide bonds. The Hall–Kier alpha value is -3.99. The second-order valence-corrected chi connectivity index (χ2v) is 5.84. The Balaban J connectivity index is 1.57. The highest BCUT2D eigenvalue weighted by Crippen LogP contribution is 2.15. The average Bonchev–Trinajstić information content (AvgIpc) is 2.73. The maximum atomic E-state index is 11.9. The fourth-order valence-corrected chi connectivity index (χ4v) is 2.34. The zero-order valence-electron chi connectivity index (χ0n) is 14.9. The molecule has 0 fully saturated rings. The van der Waals surface area contributed by atoms with Crippen molar-refractivity contribution in [3.63, 3.8) is 0 Å². The zero-order chi connectivity index (χ0) is 19.8. The van der Waals surface area contributed by atoms with E-state index < -0.39 is 11.9 Å². The summed E-state index contributed by atoms with van der Waals surface area (Å²) in [7, 11) is 0. The van der Waals surface area contributed by atoms with Crippen LogP contribution in [0.2, 0.25) is 0 Å². The molecule has 5 nitrogen and oxygen atoms in total. The fraction of sp³-hybridized carbons (Fsp3) is 0. The van der Waals surface area contributed by atoms with Gasteiger partial charge in [0.05, 0.1) is 11.3 Å². The third-order valence-corrected chi connectivity index (χ3v) is 3.79. The molecule has 0 bridgehead atoms. The van der Waals surface area contributed by atoms with Gasteiger partial charge in [-0.25, -0.2) is 9.59 Å². The Bertz CT molecular complexity index is 1000. The summed E-state index contributed by atoms with van der Waals surface area (Å²) in [4.78, 5) is 27.0. The molecular formula is C23H17NO4. The number of nitrogens with zero attached hydrogens (tertiary/aromatic N) is 1. The molecular weight excluding hydrogens is 354 g/mol. The van der Waals surface area contributed by atoms with E-state index in [1.165, 1.54) is 18.2 Å². The fourth-order valence-electron chi connectivity index (χ4n) is 2.34. The van der Waals surface area contributed by atoms with Crippen molar-refractivity contribution < 1.29 is 19.4 Å². The second-order valence-electron chi connectivity index (χ2n) is 5.84. The third kappa shape index (κ3) is 5.51. The molecule has 0 unspecified atom stereocenters. The molecule has 0 saturated carbocycles. The summed E-state index contributed by atoms with van der Waals surface area (Å²) >= 11 is 0. The molecule has 0 saturated heterocycles. The highest BCUT2D eigenvalue weighted by Gasteiger charge is 2.02. The number of hydrogen-bond acceptors (Lipinski definition) is 4. The second kappa shape index (κ2) is 9.09. The van der Waals surface area contributed by atoms with Crippen molar-refractivity contribution in [1.82, 2.24) is 0 Å². The molecule has 5 heteroatoms. The molecule has 0 aliphatic carbocycles. The lowest BCUT2D eigenvalue weighted by atomic mass is 10.2. The van der Waals surface area contributed by atoms with Gasteiger partial charge in [-0.2, -0.15) is 0 Å². The van der Waals surface area contributed by atoms with Crippen molar-refractivity contribution in [2.45, 2.75) is 0 Å². The Morgan fingerprint density at radius 1 is 0.821 bits per heavy atom. The van der Waals surface area contributed by atoms with Crippen LogP contribution in [0.25, 0.3) is 6.08 Å². The number of ether oxygens (including phenoxy) is 1. The van der Waals surface area contributed by atoms with Gasteiger partial charge in [-0.3, -0.25) is 4.99 Å². The zero-order valence-corrected chi connectivity index (χ0v) is 14.9. The number of benzene rings is 3.